The summed E-state index contributed by atoms with van der Waals surface area (Å²) < 4.78 is 22.8. The van der Waals surface area contributed by atoms with Gasteiger partial charge in [0.2, 0.25) is 5.91 Å². The first-order valence-corrected chi connectivity index (χ1v) is 5.99. The van der Waals surface area contributed by atoms with Crippen LogP contribution in [0.2, 0.25) is 0 Å². The zero-order valence-corrected chi connectivity index (χ0v) is 8.14. The highest BCUT2D eigenvalue weighted by molar-refractivity contribution is 7.92. The van der Waals surface area contributed by atoms with E-state index in [0.29, 0.717) is 12.8 Å². The largest absolute Gasteiger partial charge is 0.294 e. The van der Waals surface area contributed by atoms with E-state index in [0.717, 1.165) is 6.42 Å². The fraction of sp³-hybridized carbons (Fsp3) is 0.857. The highest BCUT2D eigenvalue weighted by Gasteiger charge is 2.30. The van der Waals surface area contributed by atoms with Crippen LogP contribution in [0.1, 0.15) is 25.7 Å². The van der Waals surface area contributed by atoms with E-state index in [9.17, 15) is 13.2 Å². The smallest absolute Gasteiger partial charge is 0.235 e. The van der Waals surface area contributed by atoms with Crippen LogP contribution in [0, 0.1) is 0 Å². The molecule has 0 aromatic rings. The summed E-state index contributed by atoms with van der Waals surface area (Å²) in [5.41, 5.74) is 1.95. The third-order valence-electron chi connectivity index (χ3n) is 2.29. The minimum Gasteiger partial charge on any atom is -0.294 e. The maximum Gasteiger partial charge on any atom is 0.235 e. The normalized spacial score (nSPS) is 26.7. The van der Waals surface area contributed by atoms with E-state index in [-0.39, 0.29) is 12.2 Å². The van der Waals surface area contributed by atoms with Crippen LogP contribution < -0.4 is 11.3 Å². The number of sulfone groups is 1. The van der Waals surface area contributed by atoms with Gasteiger partial charge in [0.1, 0.15) is 0 Å². The van der Waals surface area contributed by atoms with Crippen molar-refractivity contribution in [3.05, 3.63) is 0 Å². The Hall–Kier alpha value is -0.620. The van der Waals surface area contributed by atoms with Gasteiger partial charge in [-0.2, -0.15) is 0 Å². The molecule has 1 amide bonds. The van der Waals surface area contributed by atoms with E-state index in [1.807, 2.05) is 5.43 Å². The zero-order chi connectivity index (χ0) is 9.90. The molecule has 1 aliphatic rings. The maximum atomic E-state index is 11.4. The van der Waals surface area contributed by atoms with Crippen molar-refractivity contribution >= 4 is 15.7 Å². The Morgan fingerprint density at radius 3 is 2.69 bits per heavy atom. The quantitative estimate of drug-likeness (QED) is 0.356. The zero-order valence-electron chi connectivity index (χ0n) is 7.32. The van der Waals surface area contributed by atoms with Crippen molar-refractivity contribution in [3.8, 4) is 0 Å². The van der Waals surface area contributed by atoms with Crippen molar-refractivity contribution in [2.24, 2.45) is 5.84 Å². The molecule has 13 heavy (non-hydrogen) atoms. The lowest BCUT2D eigenvalue weighted by Gasteiger charge is -2.21. The Bertz CT molecular complexity index is 286. The summed E-state index contributed by atoms with van der Waals surface area (Å²) in [4.78, 5) is 10.9. The Morgan fingerprint density at radius 2 is 2.15 bits per heavy atom. The molecule has 1 atom stereocenters. The average Bonchev–Trinajstić information content (AvgIpc) is 2.08. The van der Waals surface area contributed by atoms with Crippen molar-refractivity contribution in [1.82, 2.24) is 5.43 Å². The minimum absolute atomic E-state index is 0.00116. The van der Waals surface area contributed by atoms with Gasteiger partial charge in [-0.15, -0.1) is 0 Å². The van der Waals surface area contributed by atoms with Crippen LogP contribution in [0.5, 0.6) is 0 Å². The standard InChI is InChI=1S/C7H14N2O3S/c8-9-7(10)5-6-3-1-2-4-13(6,11)12/h6H,1-5,8H2,(H,9,10). The van der Waals surface area contributed by atoms with Crippen LogP contribution >= 0.6 is 0 Å². The van der Waals surface area contributed by atoms with Gasteiger partial charge >= 0.3 is 0 Å². The van der Waals surface area contributed by atoms with E-state index in [1.54, 1.807) is 0 Å². The summed E-state index contributed by atoms with van der Waals surface area (Å²) >= 11 is 0. The molecule has 1 saturated heterocycles. The first-order chi connectivity index (χ1) is 6.06. The Balaban J connectivity index is 2.62. The number of hydrogen-bond acceptors (Lipinski definition) is 4. The molecule has 1 heterocycles. The van der Waals surface area contributed by atoms with E-state index >= 15 is 0 Å². The van der Waals surface area contributed by atoms with Crippen molar-refractivity contribution in [3.63, 3.8) is 0 Å². The fourth-order valence-corrected chi connectivity index (χ4v) is 3.39. The number of hydrogen-bond donors (Lipinski definition) is 2. The molecule has 1 aliphatic heterocycles. The Morgan fingerprint density at radius 1 is 1.46 bits per heavy atom. The van der Waals surface area contributed by atoms with Gasteiger partial charge < -0.3 is 0 Å². The molecule has 0 aromatic heterocycles. The van der Waals surface area contributed by atoms with Crippen molar-refractivity contribution in [2.75, 3.05) is 5.75 Å². The van der Waals surface area contributed by atoms with Crippen LogP contribution in [0.3, 0.4) is 0 Å². The predicted octanol–water partition coefficient (Wildman–Crippen LogP) is -0.666. The monoisotopic (exact) mass is 206 g/mol. The first kappa shape index (κ1) is 10.5. The second-order valence-electron chi connectivity index (χ2n) is 3.26. The molecule has 1 unspecified atom stereocenters. The summed E-state index contributed by atoms with van der Waals surface area (Å²) in [6.45, 7) is 0. The van der Waals surface area contributed by atoms with Crippen LogP contribution in [-0.2, 0) is 14.6 Å². The topological polar surface area (TPSA) is 89.3 Å². The van der Waals surface area contributed by atoms with Gasteiger partial charge in [-0.1, -0.05) is 6.42 Å². The van der Waals surface area contributed by atoms with Crippen LogP contribution in [0.4, 0.5) is 0 Å². The second kappa shape index (κ2) is 4.06. The number of amides is 1. The molecule has 1 rings (SSSR count). The lowest BCUT2D eigenvalue weighted by Crippen LogP contribution is -2.37. The van der Waals surface area contributed by atoms with Gasteiger partial charge in [0, 0.05) is 6.42 Å². The molecular weight excluding hydrogens is 192 g/mol. The first-order valence-electron chi connectivity index (χ1n) is 4.27. The fourth-order valence-electron chi connectivity index (χ4n) is 1.52. The van der Waals surface area contributed by atoms with E-state index in [4.69, 9.17) is 5.84 Å². The molecule has 3 N–H and O–H groups in total. The van der Waals surface area contributed by atoms with Gasteiger partial charge in [-0.25, -0.2) is 14.3 Å². The number of hydrazine groups is 1. The van der Waals surface area contributed by atoms with Crippen LogP contribution in [0.15, 0.2) is 0 Å². The third kappa shape index (κ3) is 2.67. The molecule has 1 fully saturated rings. The van der Waals surface area contributed by atoms with Gasteiger partial charge in [-0.3, -0.25) is 10.2 Å². The van der Waals surface area contributed by atoms with Gasteiger partial charge in [0.15, 0.2) is 9.84 Å². The van der Waals surface area contributed by atoms with E-state index in [1.165, 1.54) is 0 Å². The molecule has 0 bridgehead atoms. The summed E-state index contributed by atoms with van der Waals surface area (Å²) in [6, 6.07) is 0. The molecule has 0 aliphatic carbocycles. The molecule has 0 radical (unpaired) electrons. The molecule has 6 heteroatoms. The molecule has 0 spiro atoms. The lowest BCUT2D eigenvalue weighted by molar-refractivity contribution is -0.121. The summed E-state index contributed by atoms with van der Waals surface area (Å²) in [7, 11) is -3.05. The number of nitrogens with one attached hydrogen (secondary N) is 1. The molecule has 0 aromatic carbocycles. The number of carbonyl (C=O) groups is 1. The number of nitrogens with two attached hydrogens (primary N) is 1. The summed E-state index contributed by atoms with van der Waals surface area (Å²) in [5, 5.41) is -0.523. The van der Waals surface area contributed by atoms with Gasteiger partial charge in [0.25, 0.3) is 0 Å². The van der Waals surface area contributed by atoms with Crippen molar-refractivity contribution in [2.45, 2.75) is 30.9 Å². The van der Waals surface area contributed by atoms with Crippen molar-refractivity contribution < 1.29 is 13.2 Å². The van der Waals surface area contributed by atoms with Crippen LogP contribution in [-0.4, -0.2) is 25.3 Å². The van der Waals surface area contributed by atoms with Gasteiger partial charge in [0.05, 0.1) is 11.0 Å². The van der Waals surface area contributed by atoms with E-state index < -0.39 is 21.0 Å². The van der Waals surface area contributed by atoms with Gasteiger partial charge in [-0.05, 0) is 12.8 Å². The van der Waals surface area contributed by atoms with E-state index in [2.05, 4.69) is 0 Å². The number of carbonyl (C=O) groups excluding carboxylic acids is 1. The minimum atomic E-state index is -3.05. The Labute approximate surface area is 77.6 Å². The summed E-state index contributed by atoms with van der Waals surface area (Å²) in [6.07, 6.45) is 2.17. The SMILES string of the molecule is NNC(=O)CC1CCCCS1(=O)=O. The average molecular weight is 206 g/mol. The third-order valence-corrected chi connectivity index (χ3v) is 4.56. The molecular formula is C7H14N2O3S. The highest BCUT2D eigenvalue weighted by Crippen LogP contribution is 2.21. The highest BCUT2D eigenvalue weighted by atomic mass is 32.2. The van der Waals surface area contributed by atoms with Crippen LogP contribution in [0.25, 0.3) is 0 Å². The molecule has 76 valence electrons. The molecule has 0 saturated carbocycles. The summed E-state index contributed by atoms with van der Waals surface area (Å²) in [5.74, 6) is 4.68. The maximum absolute atomic E-state index is 11.4. The second-order valence-corrected chi connectivity index (χ2v) is 5.66. The lowest BCUT2D eigenvalue weighted by atomic mass is 10.1. The number of rotatable bonds is 2. The molecule has 5 nitrogen and oxygen atoms in total. The van der Waals surface area contributed by atoms with Crippen molar-refractivity contribution in [1.29, 1.82) is 0 Å². The Kier molecular flexibility index (Phi) is 3.27. The predicted molar refractivity (Wildman–Crippen MR) is 48.4 cm³/mol.